The summed E-state index contributed by atoms with van der Waals surface area (Å²) >= 11 is 0. The minimum absolute atomic E-state index is 0.0478. The third kappa shape index (κ3) is 5.28. The second-order valence-corrected chi connectivity index (χ2v) is 8.17. The summed E-state index contributed by atoms with van der Waals surface area (Å²) in [5.74, 6) is 1.46. The number of carbonyl (C=O) groups excluding carboxylic acids is 1. The molecule has 28 heavy (non-hydrogen) atoms. The maximum Gasteiger partial charge on any atom is 0.251 e. The van der Waals surface area contributed by atoms with Crippen molar-refractivity contribution < 1.29 is 9.53 Å². The molecule has 2 aromatic rings. The van der Waals surface area contributed by atoms with Crippen molar-refractivity contribution in [1.29, 1.82) is 0 Å². The van der Waals surface area contributed by atoms with Gasteiger partial charge >= 0.3 is 0 Å². The minimum Gasteiger partial charge on any atom is -0.491 e. The number of hydrogen-bond acceptors (Lipinski definition) is 3. The van der Waals surface area contributed by atoms with Gasteiger partial charge in [-0.1, -0.05) is 19.1 Å². The van der Waals surface area contributed by atoms with E-state index in [-0.39, 0.29) is 18.1 Å². The van der Waals surface area contributed by atoms with Crippen molar-refractivity contribution in [2.45, 2.75) is 52.7 Å². The summed E-state index contributed by atoms with van der Waals surface area (Å²) < 4.78 is 5.63. The summed E-state index contributed by atoms with van der Waals surface area (Å²) in [6.07, 6.45) is 2.70. The van der Waals surface area contributed by atoms with Crippen molar-refractivity contribution >= 4 is 11.6 Å². The van der Waals surface area contributed by atoms with Crippen LogP contribution in [0.1, 0.15) is 62.5 Å². The van der Waals surface area contributed by atoms with Gasteiger partial charge < -0.3 is 15.0 Å². The van der Waals surface area contributed by atoms with Crippen LogP contribution in [0.2, 0.25) is 0 Å². The zero-order valence-electron chi connectivity index (χ0n) is 17.4. The number of nitrogens with zero attached hydrogens (tertiary/aromatic N) is 1. The molecule has 1 amide bonds. The van der Waals surface area contributed by atoms with Crippen LogP contribution in [0, 0.1) is 5.92 Å². The molecule has 0 aliphatic carbocycles. The lowest BCUT2D eigenvalue weighted by atomic mass is 9.99. The van der Waals surface area contributed by atoms with Gasteiger partial charge in [0.05, 0.1) is 12.1 Å². The second-order valence-electron chi connectivity index (χ2n) is 8.17. The summed E-state index contributed by atoms with van der Waals surface area (Å²) in [4.78, 5) is 15.0. The Morgan fingerprint density at radius 1 is 1.07 bits per heavy atom. The highest BCUT2D eigenvalue weighted by atomic mass is 16.5. The number of anilines is 1. The van der Waals surface area contributed by atoms with Gasteiger partial charge in [0.15, 0.2) is 0 Å². The summed E-state index contributed by atoms with van der Waals surface area (Å²) in [7, 11) is 0. The van der Waals surface area contributed by atoms with E-state index in [0.29, 0.717) is 5.56 Å². The van der Waals surface area contributed by atoms with Gasteiger partial charge in [-0.05, 0) is 81.5 Å². The molecule has 2 aromatic carbocycles. The Bertz CT molecular complexity index is 768. The van der Waals surface area contributed by atoms with Gasteiger partial charge in [-0.25, -0.2) is 0 Å². The lowest BCUT2D eigenvalue weighted by Gasteiger charge is -2.33. The first-order valence-electron chi connectivity index (χ1n) is 10.3. The number of ether oxygens (including phenoxy) is 1. The van der Waals surface area contributed by atoms with E-state index in [1.165, 1.54) is 18.5 Å². The van der Waals surface area contributed by atoms with E-state index in [2.05, 4.69) is 41.4 Å². The van der Waals surface area contributed by atoms with Crippen molar-refractivity contribution in [2.75, 3.05) is 18.0 Å². The van der Waals surface area contributed by atoms with Gasteiger partial charge in [0, 0.05) is 24.3 Å². The molecule has 1 aliphatic rings. The maximum absolute atomic E-state index is 12.6. The van der Waals surface area contributed by atoms with Crippen LogP contribution < -0.4 is 15.0 Å². The fraction of sp³-hybridized carbons (Fsp3) is 0.458. The Hall–Kier alpha value is -2.49. The highest BCUT2D eigenvalue weighted by Gasteiger charge is 2.17. The molecule has 4 heteroatoms. The van der Waals surface area contributed by atoms with Crippen LogP contribution in [-0.4, -0.2) is 25.1 Å². The molecule has 3 rings (SSSR count). The lowest BCUT2D eigenvalue weighted by Crippen LogP contribution is -2.34. The van der Waals surface area contributed by atoms with E-state index < -0.39 is 0 Å². The van der Waals surface area contributed by atoms with Crippen molar-refractivity contribution in [3.8, 4) is 5.75 Å². The number of rotatable bonds is 6. The van der Waals surface area contributed by atoms with Crippen LogP contribution in [0.3, 0.4) is 0 Å². The third-order valence-electron chi connectivity index (χ3n) is 5.25. The van der Waals surface area contributed by atoms with Crippen molar-refractivity contribution in [2.24, 2.45) is 5.92 Å². The maximum atomic E-state index is 12.6. The van der Waals surface area contributed by atoms with Crippen LogP contribution in [0.4, 0.5) is 5.69 Å². The first-order chi connectivity index (χ1) is 13.4. The van der Waals surface area contributed by atoms with Gasteiger partial charge in [-0.2, -0.15) is 0 Å². The Morgan fingerprint density at radius 3 is 2.36 bits per heavy atom. The van der Waals surface area contributed by atoms with Gasteiger partial charge in [0.25, 0.3) is 5.91 Å². The standard InChI is InChI=1S/C24H32N2O2/c1-17(2)28-23-13-9-21(10-14-23)24(27)25-19(4)20-7-11-22(12-8-20)26-15-5-6-18(3)16-26/h7-14,17-19H,5-6,15-16H2,1-4H3,(H,25,27). The van der Waals surface area contributed by atoms with Crippen molar-refractivity contribution in [3.05, 3.63) is 59.7 Å². The van der Waals surface area contributed by atoms with Crippen LogP contribution in [0.5, 0.6) is 5.75 Å². The molecule has 0 saturated carbocycles. The summed E-state index contributed by atoms with van der Waals surface area (Å²) in [6, 6.07) is 15.8. The molecule has 1 fully saturated rings. The minimum atomic E-state index is -0.0717. The molecule has 0 aromatic heterocycles. The van der Waals surface area contributed by atoms with E-state index >= 15 is 0 Å². The molecule has 2 unspecified atom stereocenters. The number of carbonyl (C=O) groups is 1. The van der Waals surface area contributed by atoms with Crippen LogP contribution in [0.25, 0.3) is 0 Å². The second kappa shape index (κ2) is 9.13. The predicted octanol–water partition coefficient (Wildman–Crippen LogP) is 5.20. The number of benzene rings is 2. The topological polar surface area (TPSA) is 41.6 Å². The number of nitrogens with one attached hydrogen (secondary N) is 1. The Morgan fingerprint density at radius 2 is 1.75 bits per heavy atom. The molecular formula is C24H32N2O2. The lowest BCUT2D eigenvalue weighted by molar-refractivity contribution is 0.0940. The normalized spacial score (nSPS) is 18.0. The molecule has 1 N–H and O–H groups in total. The fourth-order valence-electron chi connectivity index (χ4n) is 3.72. The Kier molecular flexibility index (Phi) is 6.61. The Labute approximate surface area is 168 Å². The zero-order chi connectivity index (χ0) is 20.1. The van der Waals surface area contributed by atoms with E-state index in [0.717, 1.165) is 30.3 Å². The average molecular weight is 381 g/mol. The van der Waals surface area contributed by atoms with Gasteiger partial charge in [-0.15, -0.1) is 0 Å². The molecule has 1 saturated heterocycles. The van der Waals surface area contributed by atoms with Gasteiger partial charge in [0.2, 0.25) is 0 Å². The highest BCUT2D eigenvalue weighted by Crippen LogP contribution is 2.25. The molecule has 1 heterocycles. The number of piperidine rings is 1. The fourth-order valence-corrected chi connectivity index (χ4v) is 3.72. The number of amides is 1. The predicted molar refractivity (Wildman–Crippen MR) is 115 cm³/mol. The molecule has 0 radical (unpaired) electrons. The van der Waals surface area contributed by atoms with Gasteiger partial charge in [-0.3, -0.25) is 4.79 Å². The molecule has 4 nitrogen and oxygen atoms in total. The number of hydrogen-bond donors (Lipinski definition) is 1. The molecule has 1 aliphatic heterocycles. The first-order valence-corrected chi connectivity index (χ1v) is 10.3. The Balaban J connectivity index is 1.59. The van der Waals surface area contributed by atoms with Crippen molar-refractivity contribution in [3.63, 3.8) is 0 Å². The first kappa shape index (κ1) is 20.2. The van der Waals surface area contributed by atoms with E-state index in [1.807, 2.05) is 32.9 Å². The van der Waals surface area contributed by atoms with Crippen molar-refractivity contribution in [1.82, 2.24) is 5.32 Å². The smallest absolute Gasteiger partial charge is 0.251 e. The molecule has 0 bridgehead atoms. The zero-order valence-corrected chi connectivity index (χ0v) is 17.4. The summed E-state index contributed by atoms with van der Waals surface area (Å²) in [6.45, 7) is 10.6. The van der Waals surface area contributed by atoms with E-state index in [9.17, 15) is 4.79 Å². The quantitative estimate of drug-likeness (QED) is 0.749. The highest BCUT2D eigenvalue weighted by molar-refractivity contribution is 5.94. The third-order valence-corrected chi connectivity index (χ3v) is 5.25. The SMILES string of the molecule is CC1CCCN(c2ccc(C(C)NC(=O)c3ccc(OC(C)C)cc3)cc2)C1. The molecule has 2 atom stereocenters. The average Bonchev–Trinajstić information content (AvgIpc) is 2.68. The van der Waals surface area contributed by atoms with E-state index in [1.54, 1.807) is 12.1 Å². The van der Waals surface area contributed by atoms with Gasteiger partial charge in [0.1, 0.15) is 5.75 Å². The molecular weight excluding hydrogens is 348 g/mol. The van der Waals surface area contributed by atoms with Crippen LogP contribution >= 0.6 is 0 Å². The van der Waals surface area contributed by atoms with Crippen LogP contribution in [-0.2, 0) is 0 Å². The molecule has 0 spiro atoms. The van der Waals surface area contributed by atoms with E-state index in [4.69, 9.17) is 4.74 Å². The molecule has 150 valence electrons. The summed E-state index contributed by atoms with van der Waals surface area (Å²) in [5.41, 5.74) is 3.03. The largest absolute Gasteiger partial charge is 0.491 e. The summed E-state index contributed by atoms with van der Waals surface area (Å²) in [5, 5.41) is 3.09. The monoisotopic (exact) mass is 380 g/mol. The van der Waals surface area contributed by atoms with Crippen LogP contribution in [0.15, 0.2) is 48.5 Å².